The number of Topliss-reactive ketones (excluding diaryl/α,β-unsaturated/α-hetero) is 1. The maximum absolute atomic E-state index is 11.6. The van der Waals surface area contributed by atoms with Crippen LogP contribution in [0.5, 0.6) is 0 Å². The van der Waals surface area contributed by atoms with Crippen molar-refractivity contribution in [2.75, 3.05) is 0 Å². The van der Waals surface area contributed by atoms with Crippen LogP contribution < -0.4 is 0 Å². The number of hydrogen-bond donors (Lipinski definition) is 1. The Morgan fingerprint density at radius 2 is 2.00 bits per heavy atom. The molecule has 1 rings (SSSR count). The summed E-state index contributed by atoms with van der Waals surface area (Å²) < 4.78 is 0. The molecule has 3 nitrogen and oxygen atoms in total. The smallest absolute Gasteiger partial charge is 0.138 e. The number of oxime groups is 1. The molecule has 0 heterocycles. The van der Waals surface area contributed by atoms with Gasteiger partial charge in [0.25, 0.3) is 0 Å². The molecule has 0 aromatic heterocycles. The van der Waals surface area contributed by atoms with E-state index in [2.05, 4.69) is 5.16 Å². The molecule has 0 spiro atoms. The van der Waals surface area contributed by atoms with Crippen molar-refractivity contribution in [2.24, 2.45) is 5.16 Å². The van der Waals surface area contributed by atoms with Crippen molar-refractivity contribution in [1.29, 1.82) is 0 Å². The number of benzene rings is 1. The number of unbranched alkanes of at least 4 members (excludes halogenated alkanes) is 1. The minimum absolute atomic E-state index is 0.124. The second-order valence-electron chi connectivity index (χ2n) is 3.73. The lowest BCUT2D eigenvalue weighted by atomic mass is 10.0. The second kappa shape index (κ2) is 6.77. The van der Waals surface area contributed by atoms with Crippen LogP contribution in [0, 0.1) is 0 Å². The van der Waals surface area contributed by atoms with Gasteiger partial charge in [0.15, 0.2) is 0 Å². The molecule has 0 bridgehead atoms. The summed E-state index contributed by atoms with van der Waals surface area (Å²) in [5.41, 5.74) is 1.25. The lowest BCUT2D eigenvalue weighted by Gasteiger charge is -2.03. The van der Waals surface area contributed by atoms with Gasteiger partial charge in [-0.2, -0.15) is 0 Å². The fourth-order valence-electron chi connectivity index (χ4n) is 1.47. The van der Waals surface area contributed by atoms with Crippen molar-refractivity contribution in [1.82, 2.24) is 0 Å². The van der Waals surface area contributed by atoms with E-state index in [1.165, 1.54) is 0 Å². The van der Waals surface area contributed by atoms with Crippen LogP contribution in [0.2, 0.25) is 0 Å². The maximum atomic E-state index is 11.6. The summed E-state index contributed by atoms with van der Waals surface area (Å²) in [6.07, 6.45) is 2.66. The first kappa shape index (κ1) is 12.4. The molecule has 86 valence electrons. The molecule has 1 N–H and O–H groups in total. The molecule has 0 atom stereocenters. The first-order chi connectivity index (χ1) is 7.77. The highest BCUT2D eigenvalue weighted by molar-refractivity contribution is 6.10. The molecule has 0 radical (unpaired) electrons. The number of carbonyl (C=O) groups excluding carboxylic acids is 1. The molecule has 0 unspecified atom stereocenters. The quantitative estimate of drug-likeness (QED) is 0.454. The van der Waals surface area contributed by atoms with Gasteiger partial charge in [-0.1, -0.05) is 48.8 Å². The third-order valence-corrected chi connectivity index (χ3v) is 2.40. The molecule has 16 heavy (non-hydrogen) atoms. The van der Waals surface area contributed by atoms with Crippen molar-refractivity contribution < 1.29 is 10.0 Å². The summed E-state index contributed by atoms with van der Waals surface area (Å²) in [4.78, 5) is 11.6. The molecular formula is C13H17NO2. The van der Waals surface area contributed by atoms with Crippen LogP contribution in [-0.4, -0.2) is 16.7 Å². The Morgan fingerprint density at radius 3 is 2.56 bits per heavy atom. The Labute approximate surface area is 95.8 Å². The fourth-order valence-corrected chi connectivity index (χ4v) is 1.47. The molecule has 1 aromatic rings. The molecule has 0 amide bonds. The van der Waals surface area contributed by atoms with Crippen molar-refractivity contribution in [3.63, 3.8) is 0 Å². The second-order valence-corrected chi connectivity index (χ2v) is 3.73. The molecule has 0 saturated heterocycles. The predicted molar refractivity (Wildman–Crippen MR) is 63.9 cm³/mol. The van der Waals surface area contributed by atoms with Gasteiger partial charge >= 0.3 is 0 Å². The number of nitrogens with zero attached hydrogens (tertiary/aromatic N) is 1. The molecule has 0 saturated carbocycles. The monoisotopic (exact) mass is 219 g/mol. The molecular weight excluding hydrogens is 202 g/mol. The van der Waals surface area contributed by atoms with Crippen LogP contribution in [0.1, 0.15) is 38.2 Å². The van der Waals surface area contributed by atoms with Gasteiger partial charge in [-0.3, -0.25) is 4.79 Å². The summed E-state index contributed by atoms with van der Waals surface area (Å²) in [5, 5.41) is 12.1. The fraction of sp³-hybridized carbons (Fsp3) is 0.385. The lowest BCUT2D eigenvalue weighted by Crippen LogP contribution is -2.09. The summed E-state index contributed by atoms with van der Waals surface area (Å²) in [7, 11) is 0. The van der Waals surface area contributed by atoms with Crippen LogP contribution in [-0.2, 0) is 4.79 Å². The van der Waals surface area contributed by atoms with Gasteiger partial charge in [0.1, 0.15) is 5.78 Å². The Kier molecular flexibility index (Phi) is 5.26. The average molecular weight is 219 g/mol. The third kappa shape index (κ3) is 3.85. The van der Waals surface area contributed by atoms with Gasteiger partial charge in [0.05, 0.1) is 12.1 Å². The predicted octanol–water partition coefficient (Wildman–Crippen LogP) is 3.01. The molecule has 0 aliphatic rings. The van der Waals surface area contributed by atoms with Gasteiger partial charge in [-0.15, -0.1) is 0 Å². The Hall–Kier alpha value is -1.64. The Morgan fingerprint density at radius 1 is 1.31 bits per heavy atom. The molecule has 0 fully saturated rings. The molecule has 3 heteroatoms. The highest BCUT2D eigenvalue weighted by atomic mass is 16.4. The zero-order chi connectivity index (χ0) is 11.8. The van der Waals surface area contributed by atoms with Crippen molar-refractivity contribution >= 4 is 11.5 Å². The first-order valence-corrected chi connectivity index (χ1v) is 5.56. The van der Waals surface area contributed by atoms with E-state index >= 15 is 0 Å². The van der Waals surface area contributed by atoms with E-state index in [-0.39, 0.29) is 12.2 Å². The van der Waals surface area contributed by atoms with Crippen molar-refractivity contribution in [3.05, 3.63) is 35.9 Å². The van der Waals surface area contributed by atoms with E-state index in [0.29, 0.717) is 12.1 Å². The van der Waals surface area contributed by atoms with Crippen molar-refractivity contribution in [2.45, 2.75) is 32.6 Å². The highest BCUT2D eigenvalue weighted by Crippen LogP contribution is 2.07. The van der Waals surface area contributed by atoms with Crippen LogP contribution in [0.25, 0.3) is 0 Å². The first-order valence-electron chi connectivity index (χ1n) is 5.56. The molecule has 0 aliphatic heterocycles. The highest BCUT2D eigenvalue weighted by Gasteiger charge is 2.09. The van der Waals surface area contributed by atoms with Gasteiger partial charge in [0.2, 0.25) is 0 Å². The summed E-state index contributed by atoms with van der Waals surface area (Å²) in [6.45, 7) is 2.05. The third-order valence-electron chi connectivity index (χ3n) is 2.40. The molecule has 1 aromatic carbocycles. The Balaban J connectivity index is 2.61. The van der Waals surface area contributed by atoms with Crippen LogP contribution >= 0.6 is 0 Å². The van der Waals surface area contributed by atoms with Gasteiger partial charge in [-0.25, -0.2) is 0 Å². The van der Waals surface area contributed by atoms with E-state index in [1.807, 2.05) is 37.3 Å². The topological polar surface area (TPSA) is 49.7 Å². The Bertz CT molecular complexity index is 357. The normalized spacial score (nSPS) is 11.4. The van der Waals surface area contributed by atoms with Crippen LogP contribution in [0.3, 0.4) is 0 Å². The average Bonchev–Trinajstić information content (AvgIpc) is 2.34. The SMILES string of the molecule is CCCCC(=O)C/C(=N/O)c1ccccc1. The van der Waals surface area contributed by atoms with E-state index in [1.54, 1.807) is 0 Å². The number of rotatable bonds is 6. The summed E-state index contributed by atoms with van der Waals surface area (Å²) in [6, 6.07) is 9.27. The minimum atomic E-state index is 0.124. The van der Waals surface area contributed by atoms with E-state index in [0.717, 1.165) is 18.4 Å². The molecule has 0 aliphatic carbocycles. The standard InChI is InChI=1S/C13H17NO2/c1-2-3-9-12(15)10-13(14-16)11-7-5-4-6-8-11/h4-8,16H,2-3,9-10H2,1H3/b14-13-. The maximum Gasteiger partial charge on any atom is 0.138 e. The van der Waals surface area contributed by atoms with E-state index in [9.17, 15) is 4.79 Å². The van der Waals surface area contributed by atoms with Gasteiger partial charge in [-0.05, 0) is 12.0 Å². The van der Waals surface area contributed by atoms with Gasteiger partial charge in [0, 0.05) is 6.42 Å². The zero-order valence-corrected chi connectivity index (χ0v) is 9.52. The van der Waals surface area contributed by atoms with E-state index < -0.39 is 0 Å². The van der Waals surface area contributed by atoms with Crippen LogP contribution in [0.4, 0.5) is 0 Å². The number of ketones is 1. The number of carbonyl (C=O) groups is 1. The largest absolute Gasteiger partial charge is 0.411 e. The lowest BCUT2D eigenvalue weighted by molar-refractivity contribution is -0.118. The summed E-state index contributed by atoms with van der Waals surface area (Å²) >= 11 is 0. The van der Waals surface area contributed by atoms with E-state index in [4.69, 9.17) is 5.21 Å². The van der Waals surface area contributed by atoms with Crippen molar-refractivity contribution in [3.8, 4) is 0 Å². The summed E-state index contributed by atoms with van der Waals surface area (Å²) in [5.74, 6) is 0.124. The van der Waals surface area contributed by atoms with Crippen LogP contribution in [0.15, 0.2) is 35.5 Å². The number of hydrogen-bond acceptors (Lipinski definition) is 3. The minimum Gasteiger partial charge on any atom is -0.411 e. The van der Waals surface area contributed by atoms with Gasteiger partial charge < -0.3 is 5.21 Å². The zero-order valence-electron chi connectivity index (χ0n) is 9.52.